The molecule has 0 spiro atoms. The van der Waals surface area contributed by atoms with Gasteiger partial charge in [0.05, 0.1) is 5.52 Å². The molecular formula is C10H5NO. The van der Waals surface area contributed by atoms with Gasteiger partial charge in [-0.15, -0.1) is 0 Å². The first-order valence-electron chi connectivity index (χ1n) is 3.97. The van der Waals surface area contributed by atoms with E-state index in [1.807, 2.05) is 6.20 Å². The minimum Gasteiger partial charge on any atom is -0.447 e. The molecule has 2 aromatic rings. The SMILES string of the molecule is C1=Cc2cc3c(c4[nH]cc1c24)O3. The van der Waals surface area contributed by atoms with E-state index in [0.717, 1.165) is 17.0 Å². The molecule has 0 amide bonds. The van der Waals surface area contributed by atoms with Crippen molar-refractivity contribution in [2.24, 2.45) is 0 Å². The van der Waals surface area contributed by atoms with Crippen molar-refractivity contribution in [3.05, 3.63) is 23.4 Å². The maximum atomic E-state index is 5.31. The number of rotatable bonds is 0. The molecule has 2 heteroatoms. The van der Waals surface area contributed by atoms with Crippen LogP contribution in [0.4, 0.5) is 0 Å². The summed E-state index contributed by atoms with van der Waals surface area (Å²) in [5, 5.41) is 1.31. The zero-order valence-electron chi connectivity index (χ0n) is 6.22. The van der Waals surface area contributed by atoms with Crippen LogP contribution in [-0.2, 0) is 0 Å². The Bertz CT molecular complexity index is 548. The quantitative estimate of drug-likeness (QED) is 0.388. The fraction of sp³-hybridized carbons (Fsp3) is 0. The van der Waals surface area contributed by atoms with E-state index in [0.29, 0.717) is 0 Å². The van der Waals surface area contributed by atoms with Crippen LogP contribution in [-0.4, -0.2) is 4.98 Å². The van der Waals surface area contributed by atoms with Crippen LogP contribution in [0.15, 0.2) is 12.3 Å². The van der Waals surface area contributed by atoms with Gasteiger partial charge in [-0.25, -0.2) is 0 Å². The van der Waals surface area contributed by atoms with Gasteiger partial charge in [-0.05, 0) is 11.6 Å². The molecule has 1 aliphatic carbocycles. The number of aromatic nitrogens is 1. The van der Waals surface area contributed by atoms with Crippen molar-refractivity contribution < 1.29 is 4.74 Å². The van der Waals surface area contributed by atoms with E-state index in [4.69, 9.17) is 4.74 Å². The fourth-order valence-electron chi connectivity index (χ4n) is 1.94. The maximum absolute atomic E-state index is 5.31. The minimum atomic E-state index is 1.03. The molecule has 0 bridgehead atoms. The molecular weight excluding hydrogens is 150 g/mol. The molecule has 1 aromatic carbocycles. The fourth-order valence-corrected chi connectivity index (χ4v) is 1.94. The van der Waals surface area contributed by atoms with Crippen molar-refractivity contribution in [2.45, 2.75) is 0 Å². The van der Waals surface area contributed by atoms with Crippen LogP contribution in [0.25, 0.3) is 23.1 Å². The molecule has 1 aromatic heterocycles. The van der Waals surface area contributed by atoms with E-state index in [9.17, 15) is 0 Å². The first-order valence-corrected chi connectivity index (χ1v) is 3.97. The molecule has 12 heavy (non-hydrogen) atoms. The van der Waals surface area contributed by atoms with Gasteiger partial charge >= 0.3 is 0 Å². The monoisotopic (exact) mass is 155 g/mol. The van der Waals surface area contributed by atoms with Crippen molar-refractivity contribution in [3.63, 3.8) is 0 Å². The van der Waals surface area contributed by atoms with Gasteiger partial charge in [-0.3, -0.25) is 0 Å². The molecule has 2 heterocycles. The molecule has 0 unspecified atom stereocenters. The van der Waals surface area contributed by atoms with Gasteiger partial charge in [0.1, 0.15) is 0 Å². The largest absolute Gasteiger partial charge is 0.447 e. The lowest BCUT2D eigenvalue weighted by Crippen LogP contribution is -1.65. The smallest absolute Gasteiger partial charge is 0.194 e. The number of nitrogens with one attached hydrogen (secondary N) is 1. The molecule has 2 aliphatic rings. The molecule has 0 fully saturated rings. The second-order valence-corrected chi connectivity index (χ2v) is 3.22. The standard InChI is InChI=1S/C10H5NO/c1-2-6-4-11-9-8(6)5(1)3-7-10(9)12-7/h1-4,11H. The van der Waals surface area contributed by atoms with Crippen molar-refractivity contribution in [2.75, 3.05) is 0 Å². The van der Waals surface area contributed by atoms with E-state index in [1.165, 1.54) is 16.5 Å². The van der Waals surface area contributed by atoms with Crippen LogP contribution in [0.2, 0.25) is 0 Å². The summed E-state index contributed by atoms with van der Waals surface area (Å²) in [7, 11) is 0. The average molecular weight is 155 g/mol. The molecule has 0 radical (unpaired) electrons. The number of hydrogen-bond acceptors (Lipinski definition) is 1. The lowest BCUT2D eigenvalue weighted by molar-refractivity contribution is 0.652. The van der Waals surface area contributed by atoms with E-state index < -0.39 is 0 Å². The Hall–Kier alpha value is -1.70. The van der Waals surface area contributed by atoms with Crippen molar-refractivity contribution >= 4 is 23.1 Å². The number of aromatic amines is 1. The van der Waals surface area contributed by atoms with Crippen molar-refractivity contribution in [1.82, 2.24) is 4.98 Å². The van der Waals surface area contributed by atoms with E-state index in [1.54, 1.807) is 0 Å². The third-order valence-corrected chi connectivity index (χ3v) is 2.55. The summed E-state index contributed by atoms with van der Waals surface area (Å²) in [6.07, 6.45) is 6.29. The van der Waals surface area contributed by atoms with Gasteiger partial charge in [-0.1, -0.05) is 12.2 Å². The summed E-state index contributed by atoms with van der Waals surface area (Å²) in [4.78, 5) is 3.22. The minimum absolute atomic E-state index is 1.03. The van der Waals surface area contributed by atoms with Crippen LogP contribution in [0.5, 0.6) is 11.5 Å². The summed E-state index contributed by atoms with van der Waals surface area (Å²) in [6.45, 7) is 0. The molecule has 1 aliphatic heterocycles. The number of H-pyrrole nitrogens is 1. The van der Waals surface area contributed by atoms with E-state index in [2.05, 4.69) is 23.2 Å². The second kappa shape index (κ2) is 1.29. The highest BCUT2D eigenvalue weighted by atomic mass is 16.6. The van der Waals surface area contributed by atoms with Gasteiger partial charge in [0, 0.05) is 17.1 Å². The molecule has 56 valence electrons. The third kappa shape index (κ3) is 0.376. The topological polar surface area (TPSA) is 28.3 Å². The van der Waals surface area contributed by atoms with Crippen molar-refractivity contribution in [3.8, 4) is 11.5 Å². The summed E-state index contributed by atoms with van der Waals surface area (Å²) in [6, 6.07) is 2.10. The van der Waals surface area contributed by atoms with Crippen LogP contribution >= 0.6 is 0 Å². The summed E-state index contributed by atoms with van der Waals surface area (Å²) >= 11 is 0. The van der Waals surface area contributed by atoms with Crippen molar-refractivity contribution in [1.29, 1.82) is 0 Å². The van der Waals surface area contributed by atoms with Crippen LogP contribution in [0.1, 0.15) is 11.1 Å². The van der Waals surface area contributed by atoms with Gasteiger partial charge in [-0.2, -0.15) is 0 Å². The number of ether oxygens (including phenoxy) is 1. The summed E-state index contributed by atoms with van der Waals surface area (Å²) in [5.41, 5.74) is 3.71. The first-order chi connectivity index (χ1) is 5.93. The molecule has 4 rings (SSSR count). The Morgan fingerprint density at radius 3 is 3.08 bits per heavy atom. The van der Waals surface area contributed by atoms with E-state index in [-0.39, 0.29) is 0 Å². The summed E-state index contributed by atoms with van der Waals surface area (Å²) in [5.74, 6) is 2.06. The lowest BCUT2D eigenvalue weighted by atomic mass is 10.1. The highest BCUT2D eigenvalue weighted by molar-refractivity contribution is 6.08. The molecule has 2 nitrogen and oxygen atoms in total. The van der Waals surface area contributed by atoms with Gasteiger partial charge < -0.3 is 9.72 Å². The Morgan fingerprint density at radius 2 is 2.08 bits per heavy atom. The molecule has 0 saturated heterocycles. The zero-order chi connectivity index (χ0) is 7.71. The predicted octanol–water partition coefficient (Wildman–Crippen LogP) is 2.76. The highest BCUT2D eigenvalue weighted by Gasteiger charge is 2.28. The van der Waals surface area contributed by atoms with Crippen LogP contribution < -0.4 is 4.74 Å². The number of fused-ring (bicyclic) bond motifs is 2. The number of hydrogen-bond donors (Lipinski definition) is 1. The summed E-state index contributed by atoms with van der Waals surface area (Å²) < 4.78 is 5.31. The molecule has 1 N–H and O–H groups in total. The van der Waals surface area contributed by atoms with Gasteiger partial charge in [0.2, 0.25) is 0 Å². The first kappa shape index (κ1) is 5.04. The van der Waals surface area contributed by atoms with Crippen LogP contribution in [0, 0.1) is 0 Å². The Morgan fingerprint density at radius 1 is 1.17 bits per heavy atom. The second-order valence-electron chi connectivity index (χ2n) is 3.22. The number of benzene rings is 1. The molecule has 0 saturated carbocycles. The third-order valence-electron chi connectivity index (χ3n) is 2.55. The average Bonchev–Trinajstić information content (AvgIpc) is 2.57. The zero-order valence-corrected chi connectivity index (χ0v) is 6.22. The highest BCUT2D eigenvalue weighted by Crippen LogP contribution is 2.53. The van der Waals surface area contributed by atoms with Gasteiger partial charge in [0.25, 0.3) is 0 Å². The Kier molecular flexibility index (Phi) is 0.541. The Labute approximate surface area is 68.5 Å². The Balaban J connectivity index is 2.43. The lowest BCUT2D eigenvalue weighted by Gasteiger charge is -1.86. The predicted molar refractivity (Wildman–Crippen MR) is 47.3 cm³/mol. The normalized spacial score (nSPS) is 15.0. The van der Waals surface area contributed by atoms with E-state index >= 15 is 0 Å². The molecule has 0 atom stereocenters. The maximum Gasteiger partial charge on any atom is 0.194 e. The van der Waals surface area contributed by atoms with Crippen LogP contribution in [0.3, 0.4) is 0 Å². The van der Waals surface area contributed by atoms with Gasteiger partial charge in [0.15, 0.2) is 11.5 Å².